The number of rotatable bonds is 5. The number of fused-ring (bicyclic) bond motifs is 5. The van der Waals surface area contributed by atoms with Gasteiger partial charge in [0.15, 0.2) is 0 Å². The van der Waals surface area contributed by atoms with Crippen molar-refractivity contribution in [1.82, 2.24) is 9.78 Å². The average molecular weight is 741 g/mol. The summed E-state index contributed by atoms with van der Waals surface area (Å²) in [6.45, 7) is 6.38. The predicted octanol–water partition coefficient (Wildman–Crippen LogP) is 7.55. The molecule has 2 heterocycles. The second-order valence-corrected chi connectivity index (χ2v) is 12.5. The summed E-state index contributed by atoms with van der Waals surface area (Å²) in [5, 5.41) is 9.97. The molecule has 4 aromatic carbocycles. The largest absolute Gasteiger partial charge is 0.673 e. The van der Waals surface area contributed by atoms with Crippen molar-refractivity contribution in [3.8, 4) is 5.69 Å². The molecule has 0 saturated heterocycles. The minimum atomic E-state index is -6.00. The van der Waals surface area contributed by atoms with Gasteiger partial charge in [0.25, 0.3) is 10.9 Å². The van der Waals surface area contributed by atoms with Gasteiger partial charge in [-0.1, -0.05) is 28.4 Å². The Morgan fingerprint density at radius 3 is 1.88 bits per heavy atom. The van der Waals surface area contributed by atoms with E-state index >= 15 is 0 Å². The quantitative estimate of drug-likeness (QED) is 0.0838. The first-order chi connectivity index (χ1) is 24.1. The van der Waals surface area contributed by atoms with Crippen LogP contribution in [0.5, 0.6) is 0 Å². The van der Waals surface area contributed by atoms with E-state index in [-0.39, 0.29) is 23.9 Å². The molecule has 8 nitrogen and oxygen atoms in total. The molecule has 0 radical (unpaired) electrons. The lowest BCUT2D eigenvalue weighted by Crippen LogP contribution is -2.51. The van der Waals surface area contributed by atoms with Crippen LogP contribution in [0.25, 0.3) is 5.69 Å². The third kappa shape index (κ3) is 7.26. The highest BCUT2D eigenvalue weighted by Gasteiger charge is 2.44. The van der Waals surface area contributed by atoms with Crippen LogP contribution in [0.15, 0.2) is 64.4 Å². The summed E-state index contributed by atoms with van der Waals surface area (Å²) in [4.78, 5) is 25.0. The highest BCUT2D eigenvalue weighted by molar-refractivity contribution is 6.50. The van der Waals surface area contributed by atoms with E-state index in [0.29, 0.717) is 36.7 Å². The third-order valence-electron chi connectivity index (χ3n) is 8.62. The molecule has 2 N–H and O–H groups in total. The fourth-order valence-electron chi connectivity index (χ4n) is 6.63. The second kappa shape index (κ2) is 12.8. The normalized spacial score (nSPS) is 16.9. The van der Waals surface area contributed by atoms with E-state index in [0.717, 1.165) is 33.5 Å². The minimum Gasteiger partial charge on any atom is -0.418 e. The van der Waals surface area contributed by atoms with E-state index < -0.39 is 53.0 Å². The number of aromatic nitrogens is 3. The van der Waals surface area contributed by atoms with Gasteiger partial charge < -0.3 is 32.6 Å². The van der Waals surface area contributed by atoms with E-state index in [4.69, 9.17) is 9.84 Å². The van der Waals surface area contributed by atoms with Crippen molar-refractivity contribution in [2.24, 2.45) is 0 Å². The maximum Gasteiger partial charge on any atom is 0.673 e. The molecule has 19 heteroatoms. The van der Waals surface area contributed by atoms with Gasteiger partial charge in [0, 0.05) is 22.9 Å². The number of alkyl halides is 6. The maximum atomic E-state index is 13.4. The number of nitrogens with zero attached hydrogens (tertiary/aromatic N) is 3. The lowest BCUT2D eigenvalue weighted by atomic mass is 10.0. The molecule has 1 aliphatic carbocycles. The Bertz CT molecular complexity index is 2210. The van der Waals surface area contributed by atoms with Crippen molar-refractivity contribution in [2.75, 3.05) is 10.6 Å². The Kier molecular flexibility index (Phi) is 9.00. The Labute approximate surface area is 287 Å². The van der Waals surface area contributed by atoms with Crippen LogP contribution in [0.4, 0.5) is 66.4 Å². The lowest BCUT2D eigenvalue weighted by molar-refractivity contribution is -0.739. The molecule has 5 aromatic rings. The summed E-state index contributed by atoms with van der Waals surface area (Å²) in [6, 6.07) is 10.1. The van der Waals surface area contributed by atoms with Crippen LogP contribution >= 0.6 is 0 Å². The van der Waals surface area contributed by atoms with Crippen LogP contribution in [-0.2, 0) is 30.1 Å². The standard InChI is InChI=1S/C33H25F6N5O3.BF4/c1-15-6-16(2)28(17(3)7-15)44-14-43-25(42-44)13-47-24-8-18-4-5-21(12-23(18)29(24)43)40-26-27(31(46)30(26)45)41-22-10-19(32(34,35)36)9-20(11-22)33(37,38)39;2-1(3,4)5/h4-7,9-12,14,24,29H,8,13H2,1-3H3,(H-,40,41,45,46);/q;-1/p+1/t24-,29+;/m0./s1. The fraction of sp³-hybridized carbons (Fsp3) is 0.273. The number of hydrogen-bond acceptors (Lipinski definition) is 6. The van der Waals surface area contributed by atoms with Crippen LogP contribution in [0.3, 0.4) is 0 Å². The van der Waals surface area contributed by atoms with Crippen LogP contribution < -0.4 is 26.1 Å². The first kappa shape index (κ1) is 36.6. The van der Waals surface area contributed by atoms with Gasteiger partial charge in [-0.25, -0.2) is 4.57 Å². The van der Waals surface area contributed by atoms with Gasteiger partial charge >= 0.3 is 25.4 Å². The Hall–Kier alpha value is -5.20. The highest BCUT2D eigenvalue weighted by atomic mass is 19.5. The van der Waals surface area contributed by atoms with E-state index in [1.165, 1.54) is 0 Å². The first-order valence-corrected chi connectivity index (χ1v) is 15.4. The molecule has 2 atom stereocenters. The predicted molar refractivity (Wildman–Crippen MR) is 169 cm³/mol. The van der Waals surface area contributed by atoms with Crippen molar-refractivity contribution in [3.63, 3.8) is 0 Å². The molecule has 7 rings (SSSR count). The van der Waals surface area contributed by atoms with Gasteiger partial charge in [0.05, 0.1) is 11.1 Å². The first-order valence-electron chi connectivity index (χ1n) is 15.4. The van der Waals surface area contributed by atoms with E-state index in [1.54, 1.807) is 12.1 Å². The van der Waals surface area contributed by atoms with Gasteiger partial charge in [0.2, 0.25) is 6.33 Å². The van der Waals surface area contributed by atoms with Gasteiger partial charge in [-0.3, -0.25) is 9.59 Å². The van der Waals surface area contributed by atoms with E-state index in [9.17, 15) is 53.2 Å². The summed E-state index contributed by atoms with van der Waals surface area (Å²) < 4.78 is 129. The average Bonchev–Trinajstić information content (AvgIpc) is 3.61. The lowest BCUT2D eigenvalue weighted by Gasteiger charge is -2.24. The molecule has 1 aromatic heterocycles. The molecule has 0 unspecified atom stereocenters. The zero-order valence-electron chi connectivity index (χ0n) is 27.2. The molecule has 2 aliphatic rings. The van der Waals surface area contributed by atoms with Gasteiger partial charge in [-0.15, -0.1) is 0 Å². The molecule has 0 saturated carbocycles. The molecule has 274 valence electrons. The monoisotopic (exact) mass is 741 g/mol. The Morgan fingerprint density at radius 2 is 1.35 bits per heavy atom. The van der Waals surface area contributed by atoms with Gasteiger partial charge in [-0.05, 0) is 73.4 Å². The molecule has 1 aliphatic heterocycles. The zero-order valence-corrected chi connectivity index (χ0v) is 27.2. The van der Waals surface area contributed by atoms with Crippen molar-refractivity contribution < 1.29 is 52.9 Å². The molecule has 0 bridgehead atoms. The minimum absolute atomic E-state index is 0.0184. The number of ether oxygens (including phenoxy) is 1. The molecule has 0 amide bonds. The van der Waals surface area contributed by atoms with Crippen LogP contribution in [-0.4, -0.2) is 23.1 Å². The molecular formula is C33H26BF10N5O3. The number of nitrogens with one attached hydrogen (secondary N) is 2. The summed E-state index contributed by atoms with van der Waals surface area (Å²) in [5.74, 6) is 0.713. The van der Waals surface area contributed by atoms with Crippen molar-refractivity contribution in [1.29, 1.82) is 0 Å². The molecule has 0 fully saturated rings. The fourth-order valence-corrected chi connectivity index (χ4v) is 6.63. The van der Waals surface area contributed by atoms with Crippen molar-refractivity contribution >= 4 is 30.0 Å². The van der Waals surface area contributed by atoms with E-state index in [2.05, 4.69) is 27.3 Å². The van der Waals surface area contributed by atoms with Crippen LogP contribution in [0.2, 0.25) is 0 Å². The number of benzene rings is 3. The number of halogens is 10. The van der Waals surface area contributed by atoms with Crippen molar-refractivity contribution in [3.05, 3.63) is 120 Å². The number of anilines is 4. The smallest absolute Gasteiger partial charge is 0.418 e. The van der Waals surface area contributed by atoms with Gasteiger partial charge in [-0.2, -0.15) is 26.3 Å². The zero-order chi connectivity index (χ0) is 38.1. The van der Waals surface area contributed by atoms with Gasteiger partial charge in [0.1, 0.15) is 35.8 Å². The number of aryl methyl sites for hydroxylation is 3. The third-order valence-corrected chi connectivity index (χ3v) is 8.62. The van der Waals surface area contributed by atoms with Crippen molar-refractivity contribution in [2.45, 2.75) is 58.3 Å². The number of hydrogen-bond donors (Lipinski definition) is 2. The summed E-state index contributed by atoms with van der Waals surface area (Å²) >= 11 is 0. The summed E-state index contributed by atoms with van der Waals surface area (Å²) in [5.41, 5.74) is -0.00461. The van der Waals surface area contributed by atoms with Crippen LogP contribution in [0, 0.1) is 20.8 Å². The van der Waals surface area contributed by atoms with E-state index in [1.807, 2.05) is 37.8 Å². The van der Waals surface area contributed by atoms with Crippen LogP contribution in [0.1, 0.15) is 50.8 Å². The second-order valence-electron chi connectivity index (χ2n) is 12.5. The topological polar surface area (TPSA) is 89.1 Å². The SMILES string of the molecule is Cc1cc(C)c(-n2c[n+]3c(n2)CO[C@H]2Cc4ccc(Nc5c(Nc6cc(C(F)(F)F)cc(C(F)(F)F)c6)c(=O)c5=O)cc4[C@H]23)c(C)c1.F[B-](F)(F)F. The molecule has 0 spiro atoms. The summed E-state index contributed by atoms with van der Waals surface area (Å²) in [6.07, 6.45) is -7.81. The Balaban J connectivity index is 0.000000870. The maximum absolute atomic E-state index is 13.4. The Morgan fingerprint density at radius 1 is 0.808 bits per heavy atom. The highest BCUT2D eigenvalue weighted by Crippen LogP contribution is 2.40. The molecular weight excluding hydrogens is 715 g/mol. The molecule has 52 heavy (non-hydrogen) atoms. The summed E-state index contributed by atoms with van der Waals surface area (Å²) in [7, 11) is -6.00.